The number of hydrogen-bond acceptors (Lipinski definition) is 3. The number of anilines is 1. The fourth-order valence-electron chi connectivity index (χ4n) is 3.46. The highest BCUT2D eigenvalue weighted by Gasteiger charge is 2.20. The van der Waals surface area contributed by atoms with Crippen molar-refractivity contribution in [2.24, 2.45) is 5.92 Å². The minimum Gasteiger partial charge on any atom is -0.370 e. The van der Waals surface area contributed by atoms with E-state index < -0.39 is 0 Å². The number of nitrogens with zero attached hydrogens (tertiary/aromatic N) is 3. The van der Waals surface area contributed by atoms with Crippen LogP contribution in [0.2, 0.25) is 0 Å². The average Bonchev–Trinajstić information content (AvgIpc) is 2.66. The average molecular weight is 337 g/mol. The van der Waals surface area contributed by atoms with Gasteiger partial charge in [-0.05, 0) is 37.3 Å². The number of piperidine rings is 1. The predicted molar refractivity (Wildman–Crippen MR) is 102 cm³/mol. The highest BCUT2D eigenvalue weighted by atomic mass is 16.2. The molecule has 4 heteroatoms. The molecule has 1 atom stereocenters. The minimum atomic E-state index is 0.0470. The van der Waals surface area contributed by atoms with Gasteiger partial charge in [0.2, 0.25) is 0 Å². The van der Waals surface area contributed by atoms with E-state index in [0.29, 0.717) is 24.6 Å². The Morgan fingerprint density at radius 3 is 2.80 bits per heavy atom. The Hall–Kier alpha value is -2.36. The molecule has 0 spiro atoms. The van der Waals surface area contributed by atoms with E-state index in [0.717, 1.165) is 24.3 Å². The lowest BCUT2D eigenvalue weighted by Crippen LogP contribution is -2.35. The van der Waals surface area contributed by atoms with Crippen LogP contribution < -0.4 is 4.90 Å². The van der Waals surface area contributed by atoms with Crippen molar-refractivity contribution in [3.63, 3.8) is 0 Å². The Morgan fingerprint density at radius 1 is 1.28 bits per heavy atom. The van der Waals surface area contributed by atoms with Gasteiger partial charge in [-0.1, -0.05) is 37.3 Å². The van der Waals surface area contributed by atoms with E-state index in [1.54, 1.807) is 6.20 Å². The maximum Gasteiger partial charge on any atom is 0.255 e. The normalized spacial score (nSPS) is 17.4. The second-order valence-electron chi connectivity index (χ2n) is 6.93. The van der Waals surface area contributed by atoms with Gasteiger partial charge in [0.1, 0.15) is 0 Å². The number of rotatable bonds is 5. The van der Waals surface area contributed by atoms with Crippen LogP contribution in [0.4, 0.5) is 5.69 Å². The van der Waals surface area contributed by atoms with Crippen LogP contribution in [0.1, 0.15) is 42.6 Å². The van der Waals surface area contributed by atoms with E-state index in [9.17, 15) is 4.79 Å². The Bertz CT molecular complexity index is 701. The van der Waals surface area contributed by atoms with Gasteiger partial charge in [-0.2, -0.15) is 0 Å². The molecule has 2 aromatic rings. The molecule has 3 rings (SSSR count). The summed E-state index contributed by atoms with van der Waals surface area (Å²) in [6, 6.07) is 12.1. The summed E-state index contributed by atoms with van der Waals surface area (Å²) in [5.41, 5.74) is 2.88. The van der Waals surface area contributed by atoms with Crippen LogP contribution in [0.25, 0.3) is 0 Å². The summed E-state index contributed by atoms with van der Waals surface area (Å²) in [7, 11) is 0. The lowest BCUT2D eigenvalue weighted by Gasteiger charge is -2.32. The summed E-state index contributed by atoms with van der Waals surface area (Å²) in [4.78, 5) is 21.5. The van der Waals surface area contributed by atoms with E-state index in [2.05, 4.69) is 28.9 Å². The van der Waals surface area contributed by atoms with Crippen molar-refractivity contribution in [1.29, 1.82) is 0 Å². The zero-order valence-corrected chi connectivity index (χ0v) is 15.2. The zero-order valence-electron chi connectivity index (χ0n) is 15.2. The smallest absolute Gasteiger partial charge is 0.255 e. The number of amides is 1. The first-order valence-corrected chi connectivity index (χ1v) is 9.20. The third-order valence-corrected chi connectivity index (χ3v) is 4.88. The quantitative estimate of drug-likeness (QED) is 0.828. The van der Waals surface area contributed by atoms with E-state index in [1.165, 1.54) is 12.8 Å². The number of carbonyl (C=O) groups is 1. The van der Waals surface area contributed by atoms with Crippen LogP contribution in [0, 0.1) is 5.92 Å². The van der Waals surface area contributed by atoms with Gasteiger partial charge in [-0.25, -0.2) is 0 Å². The molecule has 0 bridgehead atoms. The number of pyridine rings is 1. The van der Waals surface area contributed by atoms with Gasteiger partial charge in [0.05, 0.1) is 17.4 Å². The summed E-state index contributed by atoms with van der Waals surface area (Å²) in [5, 5.41) is 0. The van der Waals surface area contributed by atoms with Crippen LogP contribution in [0.5, 0.6) is 0 Å². The molecule has 0 saturated carbocycles. The van der Waals surface area contributed by atoms with Gasteiger partial charge >= 0.3 is 0 Å². The molecule has 1 saturated heterocycles. The summed E-state index contributed by atoms with van der Waals surface area (Å²) < 4.78 is 0. The maximum atomic E-state index is 12.9. The van der Waals surface area contributed by atoms with Crippen LogP contribution in [-0.4, -0.2) is 35.4 Å². The minimum absolute atomic E-state index is 0.0470. The molecule has 1 aromatic carbocycles. The lowest BCUT2D eigenvalue weighted by molar-refractivity contribution is 0.0752. The zero-order chi connectivity index (χ0) is 17.6. The molecule has 0 aliphatic carbocycles. The Morgan fingerprint density at radius 2 is 2.08 bits per heavy atom. The summed E-state index contributed by atoms with van der Waals surface area (Å²) in [6.07, 6.45) is 6.05. The van der Waals surface area contributed by atoms with E-state index in [4.69, 9.17) is 0 Å². The fraction of sp³-hybridized carbons (Fsp3) is 0.429. The molecule has 2 heterocycles. The Balaban J connectivity index is 1.75. The first kappa shape index (κ1) is 17.5. The lowest BCUT2D eigenvalue weighted by atomic mass is 10.00. The van der Waals surface area contributed by atoms with Gasteiger partial charge in [-0.15, -0.1) is 0 Å². The van der Waals surface area contributed by atoms with Crippen molar-refractivity contribution < 1.29 is 4.79 Å². The second kappa shape index (κ2) is 8.15. The fourth-order valence-corrected chi connectivity index (χ4v) is 3.46. The number of carbonyl (C=O) groups excluding carboxylic acids is 1. The van der Waals surface area contributed by atoms with E-state index >= 15 is 0 Å². The molecule has 1 aliphatic heterocycles. The highest BCUT2D eigenvalue weighted by molar-refractivity contribution is 5.94. The molecule has 1 amide bonds. The Labute approximate surface area is 150 Å². The second-order valence-corrected chi connectivity index (χ2v) is 6.93. The highest BCUT2D eigenvalue weighted by Crippen LogP contribution is 2.23. The number of hydrogen-bond donors (Lipinski definition) is 0. The molecule has 0 N–H and O–H groups in total. The third-order valence-electron chi connectivity index (χ3n) is 4.88. The molecular formula is C21H27N3O. The number of aromatic nitrogens is 1. The SMILES string of the molecule is CCN(Cc1ccccc1)C(=O)c1cncc(N2CCCC(C)C2)c1. The molecule has 132 valence electrons. The van der Waals surface area contributed by atoms with Crippen LogP contribution >= 0.6 is 0 Å². The Kier molecular flexibility index (Phi) is 5.69. The molecular weight excluding hydrogens is 310 g/mol. The maximum absolute atomic E-state index is 12.9. The molecule has 1 aromatic heterocycles. The van der Waals surface area contributed by atoms with Gasteiger partial charge in [0.15, 0.2) is 0 Å². The molecule has 1 aliphatic rings. The monoisotopic (exact) mass is 337 g/mol. The van der Waals surface area contributed by atoms with Crippen molar-refractivity contribution in [1.82, 2.24) is 9.88 Å². The van der Waals surface area contributed by atoms with Gasteiger partial charge in [0.25, 0.3) is 5.91 Å². The van der Waals surface area contributed by atoms with Crippen molar-refractivity contribution in [3.05, 3.63) is 59.9 Å². The number of benzene rings is 1. The molecule has 0 radical (unpaired) electrons. The molecule has 25 heavy (non-hydrogen) atoms. The molecule has 1 unspecified atom stereocenters. The van der Waals surface area contributed by atoms with E-state index in [1.807, 2.05) is 42.3 Å². The topological polar surface area (TPSA) is 36.4 Å². The summed E-state index contributed by atoms with van der Waals surface area (Å²) in [6.45, 7) is 7.70. The van der Waals surface area contributed by atoms with Gasteiger partial charge in [0, 0.05) is 32.4 Å². The molecule has 4 nitrogen and oxygen atoms in total. The van der Waals surface area contributed by atoms with Gasteiger partial charge in [-0.3, -0.25) is 9.78 Å². The van der Waals surface area contributed by atoms with Crippen molar-refractivity contribution in [2.45, 2.75) is 33.2 Å². The van der Waals surface area contributed by atoms with Gasteiger partial charge < -0.3 is 9.80 Å². The largest absolute Gasteiger partial charge is 0.370 e. The van der Waals surface area contributed by atoms with Crippen molar-refractivity contribution in [2.75, 3.05) is 24.5 Å². The first-order chi connectivity index (χ1) is 12.2. The summed E-state index contributed by atoms with van der Waals surface area (Å²) >= 11 is 0. The predicted octanol–water partition coefficient (Wildman–Crippen LogP) is 3.98. The van der Waals surface area contributed by atoms with Crippen LogP contribution in [0.3, 0.4) is 0 Å². The van der Waals surface area contributed by atoms with Crippen molar-refractivity contribution >= 4 is 11.6 Å². The van der Waals surface area contributed by atoms with E-state index in [-0.39, 0.29) is 5.91 Å². The third kappa shape index (κ3) is 4.38. The summed E-state index contributed by atoms with van der Waals surface area (Å²) in [5.74, 6) is 0.740. The van der Waals surface area contributed by atoms with Crippen LogP contribution in [-0.2, 0) is 6.54 Å². The standard InChI is InChI=1S/C21H27N3O/c1-3-23(16-18-9-5-4-6-10-18)21(25)19-12-20(14-22-13-19)24-11-7-8-17(2)15-24/h4-6,9-10,12-14,17H,3,7-8,11,15-16H2,1-2H3. The van der Waals surface area contributed by atoms with Crippen molar-refractivity contribution in [3.8, 4) is 0 Å². The molecule has 1 fully saturated rings. The van der Waals surface area contributed by atoms with Crippen LogP contribution in [0.15, 0.2) is 48.8 Å². The first-order valence-electron chi connectivity index (χ1n) is 9.20.